The van der Waals surface area contributed by atoms with Gasteiger partial charge in [-0.05, 0) is 30.0 Å². The zero-order valence-corrected chi connectivity index (χ0v) is 13.9. The Morgan fingerprint density at radius 2 is 2.12 bits per heavy atom. The van der Waals surface area contributed by atoms with Gasteiger partial charge in [-0.15, -0.1) is 0 Å². The van der Waals surface area contributed by atoms with Crippen LogP contribution in [-0.4, -0.2) is 26.6 Å². The van der Waals surface area contributed by atoms with Gasteiger partial charge >= 0.3 is 5.97 Å². The van der Waals surface area contributed by atoms with Crippen molar-refractivity contribution in [3.8, 4) is 0 Å². The molecule has 1 heterocycles. The topological polar surface area (TPSA) is 79.0 Å². The van der Waals surface area contributed by atoms with Crippen LogP contribution in [0.4, 0.5) is 0 Å². The predicted octanol–water partition coefficient (Wildman–Crippen LogP) is 3.67. The number of benzene rings is 1. The van der Waals surface area contributed by atoms with Crippen molar-refractivity contribution in [2.45, 2.75) is 38.6 Å². The zero-order valence-electron chi connectivity index (χ0n) is 13.9. The summed E-state index contributed by atoms with van der Waals surface area (Å²) in [5.74, 6) is -0.813. The van der Waals surface area contributed by atoms with Gasteiger partial charge in [-0.25, -0.2) is 4.79 Å². The maximum atomic E-state index is 10.5. The minimum atomic E-state index is -0.928. The molecule has 0 aliphatic heterocycles. The van der Waals surface area contributed by atoms with E-state index in [9.17, 15) is 4.79 Å². The van der Waals surface area contributed by atoms with E-state index in [1.807, 2.05) is 41.2 Å². The van der Waals surface area contributed by atoms with Crippen molar-refractivity contribution in [2.75, 3.05) is 0 Å². The van der Waals surface area contributed by atoms with Crippen LogP contribution in [0.25, 0.3) is 0 Å². The maximum absolute atomic E-state index is 10.5. The number of nitrogens with zero attached hydrogens (tertiary/aromatic N) is 2. The molecule has 1 aromatic heterocycles. The second-order valence-corrected chi connectivity index (χ2v) is 5.69. The lowest BCUT2D eigenvalue weighted by Gasteiger charge is -2.17. The van der Waals surface area contributed by atoms with Crippen LogP contribution in [0.2, 0.25) is 0 Å². The van der Waals surface area contributed by atoms with Crippen LogP contribution in [0.1, 0.15) is 36.8 Å². The average molecular weight is 325 g/mol. The molecule has 2 rings (SSSR count). The molecule has 1 aromatic carbocycles. The van der Waals surface area contributed by atoms with Crippen LogP contribution in [0.3, 0.4) is 0 Å². The molecule has 5 heteroatoms. The normalized spacial score (nSPS) is 12.4. The molecule has 0 amide bonds. The van der Waals surface area contributed by atoms with Gasteiger partial charge in [0.1, 0.15) is 0 Å². The monoisotopic (exact) mass is 325 g/mol. The molecule has 0 radical (unpaired) electrons. The van der Waals surface area contributed by atoms with Crippen molar-refractivity contribution >= 4 is 11.7 Å². The summed E-state index contributed by atoms with van der Waals surface area (Å²) in [5.41, 5.74) is 2.91. The number of carboxylic acids is 1. The Balaban J connectivity index is 1.96. The standard InChI is InChI=1S/C19H23N3O2/c1-2-17(18(20)11-14-22-13-4-12-21-22)16-9-7-15(8-10-16)5-3-6-19(23)24/h3-4,6-10,12-13,17,20H,2,5,11,14H2,1H3,(H,23,24)/b6-3+,20-18?/t17-/m0/s1. The first-order valence-electron chi connectivity index (χ1n) is 8.13. The molecule has 0 saturated carbocycles. The number of carboxylic acid groups (broad SMARTS) is 1. The van der Waals surface area contributed by atoms with E-state index in [-0.39, 0.29) is 5.92 Å². The summed E-state index contributed by atoms with van der Waals surface area (Å²) < 4.78 is 1.85. The molecule has 2 aromatic rings. The summed E-state index contributed by atoms with van der Waals surface area (Å²) in [6.07, 6.45) is 8.63. The van der Waals surface area contributed by atoms with Crippen LogP contribution >= 0.6 is 0 Å². The third kappa shape index (κ3) is 5.19. The molecule has 0 aliphatic carbocycles. The first-order valence-corrected chi connectivity index (χ1v) is 8.13. The van der Waals surface area contributed by atoms with Crippen LogP contribution in [0.5, 0.6) is 0 Å². The number of aliphatic carboxylic acids is 1. The van der Waals surface area contributed by atoms with Gasteiger partial charge in [-0.3, -0.25) is 4.68 Å². The molecule has 0 spiro atoms. The lowest BCUT2D eigenvalue weighted by Crippen LogP contribution is -2.14. The molecule has 24 heavy (non-hydrogen) atoms. The highest BCUT2D eigenvalue weighted by Gasteiger charge is 2.15. The number of rotatable bonds is 9. The van der Waals surface area contributed by atoms with E-state index < -0.39 is 5.97 Å². The van der Waals surface area contributed by atoms with Gasteiger partial charge in [0.15, 0.2) is 0 Å². The van der Waals surface area contributed by atoms with Gasteiger partial charge in [-0.2, -0.15) is 5.10 Å². The van der Waals surface area contributed by atoms with Crippen molar-refractivity contribution < 1.29 is 9.90 Å². The summed E-state index contributed by atoms with van der Waals surface area (Å²) in [6.45, 7) is 2.82. The average Bonchev–Trinajstić information content (AvgIpc) is 3.08. The molecule has 0 aliphatic rings. The van der Waals surface area contributed by atoms with Gasteiger partial charge in [0, 0.05) is 43.1 Å². The third-order valence-electron chi connectivity index (χ3n) is 3.99. The molecule has 0 bridgehead atoms. The van der Waals surface area contributed by atoms with E-state index in [0.717, 1.165) is 30.2 Å². The number of nitrogens with one attached hydrogen (secondary N) is 1. The minimum absolute atomic E-state index is 0.115. The summed E-state index contributed by atoms with van der Waals surface area (Å²) in [4.78, 5) is 10.5. The zero-order chi connectivity index (χ0) is 17.4. The van der Waals surface area contributed by atoms with Gasteiger partial charge in [0.2, 0.25) is 0 Å². The molecular formula is C19H23N3O2. The quantitative estimate of drug-likeness (QED) is 0.545. The highest BCUT2D eigenvalue weighted by molar-refractivity contribution is 5.88. The molecule has 1 atom stereocenters. The first kappa shape index (κ1) is 17.7. The molecule has 2 N–H and O–H groups in total. The Bertz CT molecular complexity index is 688. The fraction of sp³-hybridized carbons (Fsp3) is 0.316. The Morgan fingerprint density at radius 3 is 2.71 bits per heavy atom. The number of aryl methyl sites for hydroxylation is 1. The summed E-state index contributed by atoms with van der Waals surface area (Å²) >= 11 is 0. The minimum Gasteiger partial charge on any atom is -0.478 e. The molecule has 0 unspecified atom stereocenters. The van der Waals surface area contributed by atoms with Crippen molar-refractivity contribution in [2.24, 2.45) is 0 Å². The van der Waals surface area contributed by atoms with Crippen LogP contribution in [0, 0.1) is 5.41 Å². The SMILES string of the molecule is CC[C@H](C(=N)CCn1cccn1)c1ccc(C/C=C/C(=O)O)cc1. The number of hydrogen-bond donors (Lipinski definition) is 2. The van der Waals surface area contributed by atoms with E-state index in [1.165, 1.54) is 0 Å². The van der Waals surface area contributed by atoms with E-state index in [0.29, 0.717) is 18.6 Å². The Kier molecular flexibility index (Phi) is 6.49. The highest BCUT2D eigenvalue weighted by atomic mass is 16.4. The van der Waals surface area contributed by atoms with Crippen molar-refractivity contribution in [3.05, 3.63) is 66.0 Å². The molecule has 0 fully saturated rings. The molecule has 0 saturated heterocycles. The Labute approximate surface area is 142 Å². The smallest absolute Gasteiger partial charge is 0.327 e. The van der Waals surface area contributed by atoms with E-state index >= 15 is 0 Å². The second-order valence-electron chi connectivity index (χ2n) is 5.69. The Hall–Kier alpha value is -2.69. The largest absolute Gasteiger partial charge is 0.478 e. The maximum Gasteiger partial charge on any atom is 0.327 e. The van der Waals surface area contributed by atoms with Crippen molar-refractivity contribution in [1.29, 1.82) is 5.41 Å². The van der Waals surface area contributed by atoms with Gasteiger partial charge in [-0.1, -0.05) is 37.3 Å². The fourth-order valence-corrected chi connectivity index (χ4v) is 2.71. The van der Waals surface area contributed by atoms with E-state index in [4.69, 9.17) is 10.5 Å². The highest BCUT2D eigenvalue weighted by Crippen LogP contribution is 2.23. The first-order chi connectivity index (χ1) is 11.6. The second kappa shape index (κ2) is 8.82. The third-order valence-corrected chi connectivity index (χ3v) is 3.99. The number of allylic oxidation sites excluding steroid dienone is 1. The van der Waals surface area contributed by atoms with Gasteiger partial charge < -0.3 is 10.5 Å². The number of carbonyl (C=O) groups is 1. The number of aromatic nitrogens is 2. The van der Waals surface area contributed by atoms with Crippen molar-refractivity contribution in [1.82, 2.24) is 9.78 Å². The predicted molar refractivity (Wildman–Crippen MR) is 94.5 cm³/mol. The van der Waals surface area contributed by atoms with Gasteiger partial charge in [0.05, 0.1) is 0 Å². The van der Waals surface area contributed by atoms with E-state index in [2.05, 4.69) is 12.0 Å². The molecular weight excluding hydrogens is 302 g/mol. The fourth-order valence-electron chi connectivity index (χ4n) is 2.71. The van der Waals surface area contributed by atoms with Crippen LogP contribution in [-0.2, 0) is 17.8 Å². The Morgan fingerprint density at radius 1 is 1.38 bits per heavy atom. The number of hydrogen-bond acceptors (Lipinski definition) is 3. The summed E-state index contributed by atoms with van der Waals surface area (Å²) in [7, 11) is 0. The van der Waals surface area contributed by atoms with Gasteiger partial charge in [0.25, 0.3) is 0 Å². The van der Waals surface area contributed by atoms with Crippen molar-refractivity contribution in [3.63, 3.8) is 0 Å². The summed E-state index contributed by atoms with van der Waals surface area (Å²) in [5, 5.41) is 21.2. The lowest BCUT2D eigenvalue weighted by molar-refractivity contribution is -0.131. The molecule has 126 valence electrons. The lowest BCUT2D eigenvalue weighted by atomic mass is 9.89. The van der Waals surface area contributed by atoms with E-state index in [1.54, 1.807) is 12.3 Å². The van der Waals surface area contributed by atoms with Crippen LogP contribution < -0.4 is 0 Å². The van der Waals surface area contributed by atoms with Crippen LogP contribution in [0.15, 0.2) is 54.9 Å². The molecule has 5 nitrogen and oxygen atoms in total. The summed E-state index contributed by atoms with van der Waals surface area (Å²) in [6, 6.07) is 9.98.